The van der Waals surface area contributed by atoms with Gasteiger partial charge in [0.15, 0.2) is 0 Å². The van der Waals surface area contributed by atoms with Gasteiger partial charge in [-0.2, -0.15) is 10.5 Å². The van der Waals surface area contributed by atoms with Gasteiger partial charge in [0.1, 0.15) is 23.5 Å². The van der Waals surface area contributed by atoms with Crippen LogP contribution in [0.4, 0.5) is 11.4 Å². The lowest BCUT2D eigenvalue weighted by molar-refractivity contribution is -0.112. The van der Waals surface area contributed by atoms with Crippen molar-refractivity contribution in [3.8, 4) is 17.9 Å². The number of hydrogen-bond donors (Lipinski definition) is 2. The maximum Gasteiger partial charge on any atom is 0.267 e. The number of ether oxygens (including phenoxy) is 1. The van der Waals surface area contributed by atoms with E-state index in [9.17, 15) is 10.1 Å². The molecular formula is C18H14N4O2. The topological polar surface area (TPSA) is 97.9 Å². The molecule has 2 rings (SSSR count). The van der Waals surface area contributed by atoms with E-state index in [4.69, 9.17) is 10.00 Å². The van der Waals surface area contributed by atoms with Crippen LogP contribution in [-0.4, -0.2) is 13.0 Å². The van der Waals surface area contributed by atoms with Crippen LogP contribution >= 0.6 is 0 Å². The SMILES string of the molecule is COc1cccc(N/C=C(/C#N)C(=O)Nc2ccccc2C#N)c1. The molecule has 2 aromatic rings. The van der Waals surface area contributed by atoms with E-state index in [1.165, 1.54) is 6.20 Å². The van der Waals surface area contributed by atoms with E-state index in [1.807, 2.05) is 12.1 Å². The summed E-state index contributed by atoms with van der Waals surface area (Å²) in [6.07, 6.45) is 1.30. The molecule has 0 aromatic heterocycles. The summed E-state index contributed by atoms with van der Waals surface area (Å²) in [6.45, 7) is 0. The van der Waals surface area contributed by atoms with Gasteiger partial charge in [0.25, 0.3) is 5.91 Å². The first-order chi connectivity index (χ1) is 11.7. The zero-order chi connectivity index (χ0) is 17.4. The van der Waals surface area contributed by atoms with Crippen molar-refractivity contribution in [3.05, 3.63) is 65.9 Å². The molecule has 24 heavy (non-hydrogen) atoms. The zero-order valence-corrected chi connectivity index (χ0v) is 12.9. The van der Waals surface area contributed by atoms with Gasteiger partial charge >= 0.3 is 0 Å². The molecule has 1 amide bonds. The fraction of sp³-hybridized carbons (Fsp3) is 0.0556. The van der Waals surface area contributed by atoms with E-state index < -0.39 is 5.91 Å². The Kier molecular flexibility index (Phi) is 5.55. The van der Waals surface area contributed by atoms with Gasteiger partial charge in [-0.3, -0.25) is 4.79 Å². The highest BCUT2D eigenvalue weighted by atomic mass is 16.5. The minimum atomic E-state index is -0.601. The van der Waals surface area contributed by atoms with Gasteiger partial charge in [-0.05, 0) is 24.3 Å². The number of carbonyl (C=O) groups excluding carboxylic acids is 1. The first-order valence-corrected chi connectivity index (χ1v) is 6.99. The molecule has 0 heterocycles. The first kappa shape index (κ1) is 16.6. The predicted octanol–water partition coefficient (Wildman–Crippen LogP) is 3.02. The number of methoxy groups -OCH3 is 1. The number of para-hydroxylation sites is 1. The molecule has 0 aliphatic heterocycles. The predicted molar refractivity (Wildman–Crippen MR) is 90.1 cm³/mol. The van der Waals surface area contributed by atoms with Crippen LogP contribution in [0.1, 0.15) is 5.56 Å². The van der Waals surface area contributed by atoms with Gasteiger partial charge in [-0.15, -0.1) is 0 Å². The van der Waals surface area contributed by atoms with Gasteiger partial charge in [-0.1, -0.05) is 18.2 Å². The minimum absolute atomic E-state index is 0.120. The van der Waals surface area contributed by atoms with Gasteiger partial charge in [0.05, 0.1) is 18.4 Å². The largest absolute Gasteiger partial charge is 0.497 e. The van der Waals surface area contributed by atoms with Gasteiger partial charge in [0, 0.05) is 18.0 Å². The number of nitrogens with one attached hydrogen (secondary N) is 2. The summed E-state index contributed by atoms with van der Waals surface area (Å²) in [4.78, 5) is 12.2. The normalized spacial score (nSPS) is 10.2. The highest BCUT2D eigenvalue weighted by Gasteiger charge is 2.11. The molecule has 118 valence electrons. The molecular weight excluding hydrogens is 304 g/mol. The first-order valence-electron chi connectivity index (χ1n) is 6.99. The number of carbonyl (C=O) groups is 1. The second-order valence-electron chi connectivity index (χ2n) is 4.66. The summed E-state index contributed by atoms with van der Waals surface area (Å²) in [5.74, 6) is 0.0508. The summed E-state index contributed by atoms with van der Waals surface area (Å²) in [5, 5.41) is 23.6. The van der Waals surface area contributed by atoms with Crippen LogP contribution in [0.3, 0.4) is 0 Å². The molecule has 0 aliphatic rings. The van der Waals surface area contributed by atoms with Gasteiger partial charge in [0.2, 0.25) is 0 Å². The maximum atomic E-state index is 12.2. The van der Waals surface area contributed by atoms with Crippen LogP contribution in [0.25, 0.3) is 0 Å². The number of anilines is 2. The summed E-state index contributed by atoms with van der Waals surface area (Å²) in [6, 6.07) is 17.5. The number of amides is 1. The monoisotopic (exact) mass is 318 g/mol. The molecule has 0 aliphatic carbocycles. The quantitative estimate of drug-likeness (QED) is 0.652. The van der Waals surface area contributed by atoms with Crippen LogP contribution < -0.4 is 15.4 Å². The fourth-order valence-corrected chi connectivity index (χ4v) is 1.90. The van der Waals surface area contributed by atoms with Crippen molar-refractivity contribution in [2.24, 2.45) is 0 Å². The lowest BCUT2D eigenvalue weighted by Crippen LogP contribution is -2.15. The number of hydrogen-bond acceptors (Lipinski definition) is 5. The Morgan fingerprint density at radius 3 is 2.67 bits per heavy atom. The molecule has 0 atom stereocenters. The second kappa shape index (κ2) is 8.02. The molecule has 0 bridgehead atoms. The number of nitrogens with zero attached hydrogens (tertiary/aromatic N) is 2. The third kappa shape index (κ3) is 4.12. The Labute approximate surface area is 139 Å². The van der Waals surface area contributed by atoms with Gasteiger partial charge in [-0.25, -0.2) is 0 Å². The Bertz CT molecular complexity index is 860. The van der Waals surface area contributed by atoms with Crippen molar-refractivity contribution in [1.82, 2.24) is 0 Å². The average molecular weight is 318 g/mol. The van der Waals surface area contributed by atoms with Gasteiger partial charge < -0.3 is 15.4 Å². The van der Waals surface area contributed by atoms with Crippen molar-refractivity contribution < 1.29 is 9.53 Å². The second-order valence-corrected chi connectivity index (χ2v) is 4.66. The summed E-state index contributed by atoms with van der Waals surface area (Å²) in [7, 11) is 1.55. The molecule has 6 heteroatoms. The molecule has 2 aromatic carbocycles. The fourth-order valence-electron chi connectivity index (χ4n) is 1.90. The third-order valence-electron chi connectivity index (χ3n) is 3.11. The minimum Gasteiger partial charge on any atom is -0.497 e. The molecule has 0 saturated heterocycles. The Morgan fingerprint density at radius 2 is 1.96 bits per heavy atom. The Balaban J connectivity index is 2.14. The van der Waals surface area contributed by atoms with E-state index in [-0.39, 0.29) is 5.57 Å². The van der Waals surface area contributed by atoms with Crippen LogP contribution in [0.5, 0.6) is 5.75 Å². The zero-order valence-electron chi connectivity index (χ0n) is 12.9. The molecule has 0 fully saturated rings. The molecule has 0 radical (unpaired) electrons. The van der Waals surface area contributed by atoms with Crippen molar-refractivity contribution in [1.29, 1.82) is 10.5 Å². The number of benzene rings is 2. The maximum absolute atomic E-state index is 12.2. The van der Waals surface area contributed by atoms with E-state index >= 15 is 0 Å². The Morgan fingerprint density at radius 1 is 1.17 bits per heavy atom. The van der Waals surface area contributed by atoms with Crippen LogP contribution in [0.2, 0.25) is 0 Å². The highest BCUT2D eigenvalue weighted by Crippen LogP contribution is 2.17. The smallest absolute Gasteiger partial charge is 0.267 e. The number of rotatable bonds is 5. The van der Waals surface area contributed by atoms with E-state index in [0.717, 1.165) is 0 Å². The lowest BCUT2D eigenvalue weighted by atomic mass is 10.2. The summed E-state index contributed by atoms with van der Waals surface area (Å²) < 4.78 is 5.10. The van der Waals surface area contributed by atoms with Crippen LogP contribution in [0.15, 0.2) is 60.3 Å². The van der Waals surface area contributed by atoms with E-state index in [0.29, 0.717) is 22.7 Å². The van der Waals surface area contributed by atoms with E-state index in [2.05, 4.69) is 10.6 Å². The van der Waals surface area contributed by atoms with Crippen molar-refractivity contribution in [3.63, 3.8) is 0 Å². The number of nitriles is 2. The summed E-state index contributed by atoms with van der Waals surface area (Å²) >= 11 is 0. The molecule has 0 spiro atoms. The highest BCUT2D eigenvalue weighted by molar-refractivity contribution is 6.07. The van der Waals surface area contributed by atoms with Crippen molar-refractivity contribution in [2.75, 3.05) is 17.7 Å². The van der Waals surface area contributed by atoms with Crippen LogP contribution in [-0.2, 0) is 4.79 Å². The van der Waals surface area contributed by atoms with E-state index in [1.54, 1.807) is 55.6 Å². The standard InChI is InChI=1S/C18H14N4O2/c1-24-16-7-4-6-15(9-16)21-12-14(11-20)18(23)22-17-8-3-2-5-13(17)10-19/h2-9,12,21H,1H3,(H,22,23)/b14-12-. The van der Waals surface area contributed by atoms with Crippen molar-refractivity contribution in [2.45, 2.75) is 0 Å². The molecule has 0 unspecified atom stereocenters. The molecule has 6 nitrogen and oxygen atoms in total. The summed E-state index contributed by atoms with van der Waals surface area (Å²) in [5.41, 5.74) is 1.23. The lowest BCUT2D eigenvalue weighted by Gasteiger charge is -2.07. The molecule has 2 N–H and O–H groups in total. The average Bonchev–Trinajstić information content (AvgIpc) is 2.63. The van der Waals surface area contributed by atoms with Crippen molar-refractivity contribution >= 4 is 17.3 Å². The Hall–Kier alpha value is -3.77. The molecule has 0 saturated carbocycles. The van der Waals surface area contributed by atoms with Crippen LogP contribution in [0, 0.1) is 22.7 Å². The third-order valence-corrected chi connectivity index (χ3v) is 3.11.